The Kier molecular flexibility index (Phi) is 4.61. The maximum Gasteiger partial charge on any atom is 0.471 e. The summed E-state index contributed by atoms with van der Waals surface area (Å²) >= 11 is 0. The second-order valence-corrected chi connectivity index (χ2v) is 4.57. The largest absolute Gasteiger partial charge is 0.497 e. The molecule has 88 valence electrons. The molecule has 0 aliphatic carbocycles. The minimum absolute atomic E-state index is 0.537. The number of hydrogen-bond acceptors (Lipinski definition) is 5. The normalized spacial score (nSPS) is 11.9. The number of nitrogens with zero attached hydrogens (tertiary/aromatic N) is 2. The standard InChI is InChI=1S/C9H13N2O4P/c1-13-9-6-4-8(5-7-9)10-11-16(12,14-2)15-3/h4-7H,1-3H3. The van der Waals surface area contributed by atoms with Gasteiger partial charge in [-0.2, -0.15) is 0 Å². The van der Waals surface area contributed by atoms with E-state index in [1.165, 1.54) is 14.2 Å². The van der Waals surface area contributed by atoms with Gasteiger partial charge in [0.2, 0.25) is 0 Å². The van der Waals surface area contributed by atoms with Crippen molar-refractivity contribution in [2.75, 3.05) is 21.3 Å². The van der Waals surface area contributed by atoms with Crippen LogP contribution in [0.4, 0.5) is 5.69 Å². The van der Waals surface area contributed by atoms with E-state index in [2.05, 4.69) is 19.0 Å². The first kappa shape index (κ1) is 12.8. The molecule has 0 saturated carbocycles. The summed E-state index contributed by atoms with van der Waals surface area (Å²) in [4.78, 5) is 3.51. The van der Waals surface area contributed by atoms with Crippen molar-refractivity contribution in [2.24, 2.45) is 10.00 Å². The Morgan fingerprint density at radius 1 is 1.06 bits per heavy atom. The van der Waals surface area contributed by atoms with E-state index in [0.717, 1.165) is 0 Å². The Hall–Kier alpha value is -1.23. The topological polar surface area (TPSA) is 69.5 Å². The zero-order valence-electron chi connectivity index (χ0n) is 9.28. The lowest BCUT2D eigenvalue weighted by atomic mass is 10.3. The van der Waals surface area contributed by atoms with Gasteiger partial charge >= 0.3 is 7.75 Å². The highest BCUT2D eigenvalue weighted by Gasteiger charge is 2.19. The predicted octanol–water partition coefficient (Wildman–Crippen LogP) is 3.18. The van der Waals surface area contributed by atoms with Crippen LogP contribution in [0.2, 0.25) is 0 Å². The fourth-order valence-corrected chi connectivity index (χ4v) is 1.41. The van der Waals surface area contributed by atoms with E-state index in [1.54, 1.807) is 31.4 Å². The van der Waals surface area contributed by atoms with Crippen LogP contribution in [-0.4, -0.2) is 21.3 Å². The molecule has 0 N–H and O–H groups in total. The lowest BCUT2D eigenvalue weighted by Crippen LogP contribution is -1.82. The van der Waals surface area contributed by atoms with Crippen molar-refractivity contribution in [1.82, 2.24) is 0 Å². The van der Waals surface area contributed by atoms with Crippen LogP contribution in [0.15, 0.2) is 34.3 Å². The monoisotopic (exact) mass is 244 g/mol. The van der Waals surface area contributed by atoms with E-state index in [4.69, 9.17) is 4.74 Å². The smallest absolute Gasteiger partial charge is 0.471 e. The SMILES string of the molecule is COc1ccc(N=NP(=O)(OC)OC)cc1. The molecule has 0 aromatic heterocycles. The van der Waals surface area contributed by atoms with Crippen LogP contribution >= 0.6 is 7.75 Å². The van der Waals surface area contributed by atoms with Crippen molar-refractivity contribution >= 4 is 13.4 Å². The summed E-state index contributed by atoms with van der Waals surface area (Å²) < 4.78 is 25.7. The van der Waals surface area contributed by atoms with Gasteiger partial charge in [0, 0.05) is 14.2 Å². The summed E-state index contributed by atoms with van der Waals surface area (Å²) in [6.45, 7) is 0. The molecule has 0 amide bonds. The summed E-state index contributed by atoms with van der Waals surface area (Å²) in [5, 5.41) is 3.75. The van der Waals surface area contributed by atoms with Crippen molar-refractivity contribution < 1.29 is 18.3 Å². The molecule has 7 heteroatoms. The van der Waals surface area contributed by atoms with Crippen LogP contribution in [-0.2, 0) is 13.6 Å². The minimum Gasteiger partial charge on any atom is -0.497 e. The fraction of sp³-hybridized carbons (Fsp3) is 0.333. The molecule has 16 heavy (non-hydrogen) atoms. The molecule has 1 rings (SSSR count). The highest BCUT2D eigenvalue weighted by molar-refractivity contribution is 7.52. The van der Waals surface area contributed by atoms with Gasteiger partial charge in [-0.3, -0.25) is 9.05 Å². The molecule has 0 atom stereocenters. The summed E-state index contributed by atoms with van der Waals surface area (Å²) in [5.41, 5.74) is 0.537. The predicted molar refractivity (Wildman–Crippen MR) is 59.1 cm³/mol. The molecule has 0 unspecified atom stereocenters. The third kappa shape index (κ3) is 3.41. The fourth-order valence-electron chi connectivity index (χ4n) is 0.903. The number of hydrogen-bond donors (Lipinski definition) is 0. The summed E-state index contributed by atoms with van der Waals surface area (Å²) in [7, 11) is 0.626. The average Bonchev–Trinajstić information content (AvgIpc) is 2.36. The molecule has 1 aromatic carbocycles. The van der Waals surface area contributed by atoms with Crippen LogP contribution in [0.25, 0.3) is 0 Å². The average molecular weight is 244 g/mol. The molecule has 0 saturated heterocycles. The second-order valence-electron chi connectivity index (χ2n) is 2.72. The number of benzene rings is 1. The van der Waals surface area contributed by atoms with E-state index in [0.29, 0.717) is 11.4 Å². The number of rotatable bonds is 5. The van der Waals surface area contributed by atoms with Gasteiger partial charge in [0.15, 0.2) is 0 Å². The van der Waals surface area contributed by atoms with Crippen LogP contribution in [0, 0.1) is 0 Å². The molecule has 0 radical (unpaired) electrons. The molecule has 6 nitrogen and oxygen atoms in total. The van der Waals surface area contributed by atoms with Crippen molar-refractivity contribution in [1.29, 1.82) is 0 Å². The van der Waals surface area contributed by atoms with Gasteiger partial charge in [0.25, 0.3) is 0 Å². The van der Waals surface area contributed by atoms with Gasteiger partial charge in [-0.25, -0.2) is 4.57 Å². The van der Waals surface area contributed by atoms with E-state index in [9.17, 15) is 4.57 Å². The van der Waals surface area contributed by atoms with Gasteiger partial charge in [0.05, 0.1) is 12.8 Å². The molecule has 0 aliphatic rings. The van der Waals surface area contributed by atoms with Gasteiger partial charge < -0.3 is 4.74 Å². The van der Waals surface area contributed by atoms with Crippen molar-refractivity contribution in [3.8, 4) is 5.75 Å². The summed E-state index contributed by atoms with van der Waals surface area (Å²) in [6, 6.07) is 6.80. The quantitative estimate of drug-likeness (QED) is 0.589. The minimum atomic E-state index is -3.44. The number of methoxy groups -OCH3 is 1. The summed E-state index contributed by atoms with van der Waals surface area (Å²) in [6.07, 6.45) is 0. The first-order valence-electron chi connectivity index (χ1n) is 4.42. The Bertz CT molecular complexity index is 396. The van der Waals surface area contributed by atoms with Crippen LogP contribution in [0.1, 0.15) is 0 Å². The molecule has 0 spiro atoms. The maximum absolute atomic E-state index is 11.5. The van der Waals surface area contributed by atoms with E-state index < -0.39 is 7.75 Å². The van der Waals surface area contributed by atoms with Crippen molar-refractivity contribution in [3.63, 3.8) is 0 Å². The van der Waals surface area contributed by atoms with Gasteiger partial charge in [-0.05, 0) is 24.3 Å². The Morgan fingerprint density at radius 3 is 2.06 bits per heavy atom. The summed E-state index contributed by atoms with van der Waals surface area (Å²) in [5.74, 6) is 0.709. The zero-order valence-corrected chi connectivity index (χ0v) is 10.2. The molecular formula is C9H13N2O4P. The van der Waals surface area contributed by atoms with Crippen LogP contribution in [0.3, 0.4) is 0 Å². The molecule has 0 heterocycles. The van der Waals surface area contributed by atoms with E-state index in [-0.39, 0.29) is 0 Å². The third-order valence-electron chi connectivity index (χ3n) is 1.80. The maximum atomic E-state index is 11.5. The van der Waals surface area contributed by atoms with Crippen LogP contribution in [0.5, 0.6) is 5.75 Å². The zero-order chi connectivity index (χ0) is 12.0. The molecular weight excluding hydrogens is 231 g/mol. The van der Waals surface area contributed by atoms with Crippen molar-refractivity contribution in [2.45, 2.75) is 0 Å². The first-order chi connectivity index (χ1) is 7.63. The second kappa shape index (κ2) is 5.75. The molecule has 1 aromatic rings. The van der Waals surface area contributed by atoms with E-state index >= 15 is 0 Å². The Morgan fingerprint density at radius 2 is 1.62 bits per heavy atom. The molecule has 0 bridgehead atoms. The lowest BCUT2D eigenvalue weighted by molar-refractivity contribution is 0.275. The molecule has 0 fully saturated rings. The lowest BCUT2D eigenvalue weighted by Gasteiger charge is -2.05. The highest BCUT2D eigenvalue weighted by Crippen LogP contribution is 2.48. The van der Waals surface area contributed by atoms with Gasteiger partial charge in [0.1, 0.15) is 5.75 Å². The molecule has 0 aliphatic heterocycles. The van der Waals surface area contributed by atoms with Gasteiger partial charge in [-0.15, -0.1) is 5.11 Å². The van der Waals surface area contributed by atoms with Crippen LogP contribution < -0.4 is 4.74 Å². The number of ether oxygens (including phenoxy) is 1. The Balaban J connectivity index is 2.79. The van der Waals surface area contributed by atoms with Gasteiger partial charge in [-0.1, -0.05) is 4.88 Å². The highest BCUT2D eigenvalue weighted by atomic mass is 31.2. The van der Waals surface area contributed by atoms with E-state index in [1.807, 2.05) is 0 Å². The third-order valence-corrected chi connectivity index (χ3v) is 3.04. The Labute approximate surface area is 93.8 Å². The van der Waals surface area contributed by atoms with Crippen molar-refractivity contribution in [3.05, 3.63) is 24.3 Å². The first-order valence-corrected chi connectivity index (χ1v) is 5.92.